The first-order valence-corrected chi connectivity index (χ1v) is 5.80. The van der Waals surface area contributed by atoms with Gasteiger partial charge < -0.3 is 4.74 Å². The zero-order chi connectivity index (χ0) is 9.84. The minimum Gasteiger partial charge on any atom is -0.362 e. The first-order valence-electron chi connectivity index (χ1n) is 5.37. The normalized spacial score (nSPS) is 34.4. The summed E-state index contributed by atoms with van der Waals surface area (Å²) in [6, 6.07) is 0. The summed E-state index contributed by atoms with van der Waals surface area (Å²) in [4.78, 5) is 0. The Balaban J connectivity index is 2.19. The Hall–Kier alpha value is 0.250. The van der Waals surface area contributed by atoms with E-state index < -0.39 is 0 Å². The molecule has 3 atom stereocenters. The molecule has 1 saturated heterocycles. The van der Waals surface area contributed by atoms with Crippen LogP contribution in [-0.2, 0) is 4.74 Å². The standard InChI is InChI=1S/C11H21ClO/c1-8(2)5-4-6-10-9(3)7-13-11(10)12/h8-11H,4-7H2,1-3H3. The average molecular weight is 205 g/mol. The molecule has 0 aromatic rings. The summed E-state index contributed by atoms with van der Waals surface area (Å²) >= 11 is 6.07. The highest BCUT2D eigenvalue weighted by molar-refractivity contribution is 6.20. The third-order valence-corrected chi connectivity index (χ3v) is 3.35. The molecule has 0 saturated carbocycles. The van der Waals surface area contributed by atoms with E-state index in [0.717, 1.165) is 12.5 Å². The van der Waals surface area contributed by atoms with Gasteiger partial charge in [0.15, 0.2) is 0 Å². The van der Waals surface area contributed by atoms with Gasteiger partial charge in [0.2, 0.25) is 0 Å². The smallest absolute Gasteiger partial charge is 0.134 e. The molecule has 13 heavy (non-hydrogen) atoms. The molecule has 0 amide bonds. The molecule has 78 valence electrons. The lowest BCUT2D eigenvalue weighted by Gasteiger charge is -2.16. The third kappa shape index (κ3) is 3.47. The van der Waals surface area contributed by atoms with Gasteiger partial charge in [-0.05, 0) is 18.3 Å². The predicted molar refractivity (Wildman–Crippen MR) is 56.9 cm³/mol. The fraction of sp³-hybridized carbons (Fsp3) is 1.00. The molecule has 0 bridgehead atoms. The summed E-state index contributed by atoms with van der Waals surface area (Å²) in [5.74, 6) is 2.04. The minimum atomic E-state index is -0.0258. The maximum absolute atomic E-state index is 6.07. The fourth-order valence-electron chi connectivity index (χ4n) is 1.93. The monoisotopic (exact) mass is 204 g/mol. The number of rotatable bonds is 4. The zero-order valence-corrected chi connectivity index (χ0v) is 9.68. The molecule has 3 unspecified atom stereocenters. The second-order valence-corrected chi connectivity index (χ2v) is 5.08. The van der Waals surface area contributed by atoms with Crippen molar-refractivity contribution in [3.8, 4) is 0 Å². The van der Waals surface area contributed by atoms with Crippen LogP contribution < -0.4 is 0 Å². The molecule has 1 fully saturated rings. The van der Waals surface area contributed by atoms with Crippen molar-refractivity contribution in [2.45, 2.75) is 45.6 Å². The second-order valence-electron chi connectivity index (χ2n) is 4.65. The molecule has 0 N–H and O–H groups in total. The Kier molecular flexibility index (Phi) is 4.54. The SMILES string of the molecule is CC(C)CCCC1C(C)COC1Cl. The maximum Gasteiger partial charge on any atom is 0.134 e. The third-order valence-electron chi connectivity index (χ3n) is 2.90. The number of ether oxygens (including phenoxy) is 1. The van der Waals surface area contributed by atoms with Crippen molar-refractivity contribution in [2.75, 3.05) is 6.61 Å². The highest BCUT2D eigenvalue weighted by Crippen LogP contribution is 2.33. The molecule has 0 aromatic carbocycles. The number of hydrogen-bond donors (Lipinski definition) is 0. The van der Waals surface area contributed by atoms with Crippen LogP contribution in [0.5, 0.6) is 0 Å². The van der Waals surface area contributed by atoms with Gasteiger partial charge in [-0.1, -0.05) is 45.2 Å². The van der Waals surface area contributed by atoms with Crippen LogP contribution in [0.15, 0.2) is 0 Å². The lowest BCUT2D eigenvalue weighted by molar-refractivity contribution is 0.148. The number of alkyl halides is 1. The van der Waals surface area contributed by atoms with Crippen LogP contribution in [0.4, 0.5) is 0 Å². The van der Waals surface area contributed by atoms with Crippen LogP contribution >= 0.6 is 11.6 Å². The summed E-state index contributed by atoms with van der Waals surface area (Å²) in [5.41, 5.74) is -0.0258. The molecular formula is C11H21ClO. The van der Waals surface area contributed by atoms with Gasteiger partial charge in [-0.25, -0.2) is 0 Å². The van der Waals surface area contributed by atoms with Crippen molar-refractivity contribution in [1.82, 2.24) is 0 Å². The highest BCUT2D eigenvalue weighted by Gasteiger charge is 2.32. The van der Waals surface area contributed by atoms with Crippen molar-refractivity contribution in [2.24, 2.45) is 17.8 Å². The van der Waals surface area contributed by atoms with Gasteiger partial charge in [0, 0.05) is 5.92 Å². The Morgan fingerprint density at radius 3 is 2.62 bits per heavy atom. The first-order chi connectivity index (χ1) is 6.11. The quantitative estimate of drug-likeness (QED) is 0.636. The van der Waals surface area contributed by atoms with E-state index in [-0.39, 0.29) is 5.56 Å². The molecule has 0 spiro atoms. The Morgan fingerprint density at radius 2 is 2.15 bits per heavy atom. The lowest BCUT2D eigenvalue weighted by atomic mass is 9.91. The van der Waals surface area contributed by atoms with Crippen LogP contribution in [-0.4, -0.2) is 12.2 Å². The molecule has 0 radical (unpaired) electrons. The van der Waals surface area contributed by atoms with E-state index in [1.54, 1.807) is 0 Å². The van der Waals surface area contributed by atoms with E-state index in [1.807, 2.05) is 0 Å². The summed E-state index contributed by atoms with van der Waals surface area (Å²) in [6.45, 7) is 7.63. The van der Waals surface area contributed by atoms with Gasteiger partial charge in [0.25, 0.3) is 0 Å². The van der Waals surface area contributed by atoms with Crippen LogP contribution in [0, 0.1) is 17.8 Å². The summed E-state index contributed by atoms with van der Waals surface area (Å²) in [7, 11) is 0. The largest absolute Gasteiger partial charge is 0.362 e. The van der Waals surface area contributed by atoms with Gasteiger partial charge >= 0.3 is 0 Å². The Labute approximate surface area is 86.8 Å². The molecule has 1 rings (SSSR count). The topological polar surface area (TPSA) is 9.23 Å². The van der Waals surface area contributed by atoms with Crippen molar-refractivity contribution in [1.29, 1.82) is 0 Å². The van der Waals surface area contributed by atoms with Gasteiger partial charge in [-0.2, -0.15) is 0 Å². The molecular weight excluding hydrogens is 184 g/mol. The first kappa shape index (κ1) is 11.3. The van der Waals surface area contributed by atoms with Gasteiger partial charge in [0.1, 0.15) is 5.56 Å². The number of hydrogen-bond acceptors (Lipinski definition) is 1. The van der Waals surface area contributed by atoms with Gasteiger partial charge in [-0.15, -0.1) is 0 Å². The molecule has 1 aliphatic heterocycles. The van der Waals surface area contributed by atoms with E-state index in [4.69, 9.17) is 16.3 Å². The summed E-state index contributed by atoms with van der Waals surface area (Å²) in [6.07, 6.45) is 3.83. The van der Waals surface area contributed by atoms with E-state index in [9.17, 15) is 0 Å². The van der Waals surface area contributed by atoms with Crippen molar-refractivity contribution >= 4 is 11.6 Å². The van der Waals surface area contributed by atoms with Crippen LogP contribution in [0.3, 0.4) is 0 Å². The zero-order valence-electron chi connectivity index (χ0n) is 8.92. The second kappa shape index (κ2) is 5.21. The fourth-order valence-corrected chi connectivity index (χ4v) is 2.37. The molecule has 1 aliphatic rings. The van der Waals surface area contributed by atoms with E-state index >= 15 is 0 Å². The van der Waals surface area contributed by atoms with Gasteiger partial charge in [0.05, 0.1) is 6.61 Å². The molecule has 1 nitrogen and oxygen atoms in total. The van der Waals surface area contributed by atoms with Crippen LogP contribution in [0.1, 0.15) is 40.0 Å². The summed E-state index contributed by atoms with van der Waals surface area (Å²) < 4.78 is 5.40. The lowest BCUT2D eigenvalue weighted by Crippen LogP contribution is -2.14. The van der Waals surface area contributed by atoms with Gasteiger partial charge in [-0.3, -0.25) is 0 Å². The van der Waals surface area contributed by atoms with Crippen molar-refractivity contribution in [3.63, 3.8) is 0 Å². The van der Waals surface area contributed by atoms with Crippen molar-refractivity contribution < 1.29 is 4.74 Å². The molecule has 1 heterocycles. The molecule has 0 aliphatic carbocycles. The average Bonchev–Trinajstić information content (AvgIpc) is 2.34. The summed E-state index contributed by atoms with van der Waals surface area (Å²) in [5, 5.41) is 0. The molecule has 0 aromatic heterocycles. The maximum atomic E-state index is 6.07. The van der Waals surface area contributed by atoms with E-state index in [0.29, 0.717) is 11.8 Å². The Morgan fingerprint density at radius 1 is 1.46 bits per heavy atom. The Bertz CT molecular complexity index is 137. The predicted octanol–water partition coefficient (Wildman–Crippen LogP) is 3.66. The van der Waals surface area contributed by atoms with Crippen molar-refractivity contribution in [3.05, 3.63) is 0 Å². The van der Waals surface area contributed by atoms with Crippen LogP contribution in [0.2, 0.25) is 0 Å². The van der Waals surface area contributed by atoms with Crippen LogP contribution in [0.25, 0.3) is 0 Å². The molecule has 2 heteroatoms. The van der Waals surface area contributed by atoms with E-state index in [2.05, 4.69) is 20.8 Å². The highest BCUT2D eigenvalue weighted by atomic mass is 35.5. The van der Waals surface area contributed by atoms with E-state index in [1.165, 1.54) is 19.3 Å². The number of halogens is 1. The minimum absolute atomic E-state index is 0.0258.